The van der Waals surface area contributed by atoms with Crippen LogP contribution in [0.5, 0.6) is 0 Å². The topological polar surface area (TPSA) is 69.7 Å². The van der Waals surface area contributed by atoms with E-state index in [0.29, 0.717) is 13.1 Å². The summed E-state index contributed by atoms with van der Waals surface area (Å²) in [7, 11) is -0.540. The van der Waals surface area contributed by atoms with Gasteiger partial charge in [0, 0.05) is 40.7 Å². The van der Waals surface area contributed by atoms with Gasteiger partial charge in [-0.05, 0) is 5.56 Å². The van der Waals surface area contributed by atoms with Gasteiger partial charge in [0.1, 0.15) is 0 Å². The number of nitrogens with zero attached hydrogens (tertiary/aromatic N) is 2. The van der Waals surface area contributed by atoms with Crippen molar-refractivity contribution < 1.29 is 13.2 Å². The maximum Gasteiger partial charge on any atom is 0.278 e. The van der Waals surface area contributed by atoms with Gasteiger partial charge in [0.2, 0.25) is 5.91 Å². The van der Waals surface area contributed by atoms with E-state index in [4.69, 9.17) is 0 Å². The van der Waals surface area contributed by atoms with Crippen molar-refractivity contribution in [1.29, 1.82) is 0 Å². The highest BCUT2D eigenvalue weighted by Gasteiger charge is 2.14. The van der Waals surface area contributed by atoms with Gasteiger partial charge in [-0.2, -0.15) is 12.7 Å². The Labute approximate surface area is 120 Å². The van der Waals surface area contributed by atoms with E-state index in [2.05, 4.69) is 4.72 Å². The zero-order chi connectivity index (χ0) is 15.2. The first-order chi connectivity index (χ1) is 9.33. The molecular formula is C13H21N3O3S. The van der Waals surface area contributed by atoms with E-state index in [0.717, 1.165) is 9.87 Å². The van der Waals surface area contributed by atoms with Crippen molar-refractivity contribution in [2.75, 3.05) is 27.2 Å². The van der Waals surface area contributed by atoms with Gasteiger partial charge in [-0.3, -0.25) is 4.79 Å². The third-order valence-electron chi connectivity index (χ3n) is 2.81. The molecule has 0 unspecified atom stereocenters. The van der Waals surface area contributed by atoms with Crippen molar-refractivity contribution in [2.24, 2.45) is 0 Å². The van der Waals surface area contributed by atoms with E-state index >= 15 is 0 Å². The number of carbonyl (C=O) groups is 1. The molecule has 20 heavy (non-hydrogen) atoms. The Balaban J connectivity index is 2.55. The maximum absolute atomic E-state index is 11.6. The minimum Gasteiger partial charge on any atom is -0.337 e. The predicted molar refractivity (Wildman–Crippen MR) is 78.1 cm³/mol. The zero-order valence-corrected chi connectivity index (χ0v) is 12.9. The lowest BCUT2D eigenvalue weighted by Gasteiger charge is -2.22. The van der Waals surface area contributed by atoms with E-state index in [1.54, 1.807) is 4.90 Å². The fraction of sp³-hybridized carbons (Fsp3) is 0.462. The van der Waals surface area contributed by atoms with E-state index in [1.165, 1.54) is 21.0 Å². The number of rotatable bonds is 7. The van der Waals surface area contributed by atoms with Crippen molar-refractivity contribution in [1.82, 2.24) is 13.9 Å². The second-order valence-electron chi connectivity index (χ2n) is 4.61. The van der Waals surface area contributed by atoms with Crippen LogP contribution in [0.3, 0.4) is 0 Å². The third-order valence-corrected chi connectivity index (χ3v) is 4.34. The summed E-state index contributed by atoms with van der Waals surface area (Å²) in [6.07, 6.45) is 0. The minimum atomic E-state index is -3.45. The fourth-order valence-electron chi connectivity index (χ4n) is 1.59. The molecule has 0 fully saturated rings. The Morgan fingerprint density at radius 1 is 1.20 bits per heavy atom. The molecule has 0 heterocycles. The summed E-state index contributed by atoms with van der Waals surface area (Å²) < 4.78 is 26.6. The molecule has 112 valence electrons. The molecule has 0 bridgehead atoms. The summed E-state index contributed by atoms with van der Waals surface area (Å²) in [5.74, 6) is -0.0853. The van der Waals surface area contributed by atoms with Crippen molar-refractivity contribution in [3.63, 3.8) is 0 Å². The summed E-state index contributed by atoms with van der Waals surface area (Å²) in [6, 6.07) is 9.58. The molecule has 0 spiro atoms. The molecule has 7 heteroatoms. The smallest absolute Gasteiger partial charge is 0.278 e. The third kappa shape index (κ3) is 5.28. The molecule has 1 rings (SSSR count). The van der Waals surface area contributed by atoms with E-state index in [1.807, 2.05) is 30.3 Å². The van der Waals surface area contributed by atoms with Crippen molar-refractivity contribution in [2.45, 2.75) is 13.5 Å². The van der Waals surface area contributed by atoms with Crippen LogP contribution < -0.4 is 4.72 Å². The summed E-state index contributed by atoms with van der Waals surface area (Å²) >= 11 is 0. The van der Waals surface area contributed by atoms with Crippen LogP contribution >= 0.6 is 0 Å². The van der Waals surface area contributed by atoms with Gasteiger partial charge in [-0.15, -0.1) is 0 Å². The zero-order valence-electron chi connectivity index (χ0n) is 12.0. The van der Waals surface area contributed by atoms with Gasteiger partial charge in [0.05, 0.1) is 0 Å². The number of amides is 1. The maximum atomic E-state index is 11.6. The van der Waals surface area contributed by atoms with E-state index < -0.39 is 10.2 Å². The minimum absolute atomic E-state index is 0.0853. The molecule has 0 aliphatic carbocycles. The van der Waals surface area contributed by atoms with Crippen LogP contribution in [0.4, 0.5) is 0 Å². The average molecular weight is 299 g/mol. The second-order valence-corrected chi connectivity index (χ2v) is 6.58. The Bertz CT molecular complexity index is 529. The van der Waals surface area contributed by atoms with Gasteiger partial charge in [0.15, 0.2) is 0 Å². The first kappa shape index (κ1) is 16.6. The first-order valence-corrected chi connectivity index (χ1v) is 7.73. The molecule has 1 amide bonds. The first-order valence-electron chi connectivity index (χ1n) is 6.29. The van der Waals surface area contributed by atoms with Crippen LogP contribution in [-0.2, 0) is 21.5 Å². The number of hydrogen-bond acceptors (Lipinski definition) is 3. The SMILES string of the molecule is CC(=O)N(CCNS(=O)(=O)N(C)C)Cc1ccccc1. The Morgan fingerprint density at radius 3 is 2.30 bits per heavy atom. The number of nitrogens with one attached hydrogen (secondary N) is 1. The van der Waals surface area contributed by atoms with Crippen molar-refractivity contribution in [3.05, 3.63) is 35.9 Å². The van der Waals surface area contributed by atoms with Gasteiger partial charge < -0.3 is 4.90 Å². The molecule has 0 saturated carbocycles. The van der Waals surface area contributed by atoms with Gasteiger partial charge >= 0.3 is 0 Å². The highest BCUT2D eigenvalue weighted by Crippen LogP contribution is 2.04. The molecule has 0 aromatic heterocycles. The summed E-state index contributed by atoms with van der Waals surface area (Å²) in [5.41, 5.74) is 1.01. The van der Waals surface area contributed by atoms with Crippen LogP contribution in [0, 0.1) is 0 Å². The van der Waals surface area contributed by atoms with E-state index in [9.17, 15) is 13.2 Å². The van der Waals surface area contributed by atoms with Crippen LogP contribution in [0.25, 0.3) is 0 Å². The molecular weight excluding hydrogens is 278 g/mol. The number of carbonyl (C=O) groups excluding carboxylic acids is 1. The molecule has 6 nitrogen and oxygen atoms in total. The summed E-state index contributed by atoms with van der Waals surface area (Å²) in [6.45, 7) is 2.47. The molecule has 1 N–H and O–H groups in total. The van der Waals surface area contributed by atoms with Gasteiger partial charge in [-0.25, -0.2) is 4.72 Å². The summed E-state index contributed by atoms with van der Waals surface area (Å²) in [4.78, 5) is 13.2. The highest BCUT2D eigenvalue weighted by molar-refractivity contribution is 7.87. The predicted octanol–water partition coefficient (Wildman–Crippen LogP) is 0.431. The molecule has 0 radical (unpaired) electrons. The number of benzene rings is 1. The van der Waals surface area contributed by atoms with E-state index in [-0.39, 0.29) is 12.5 Å². The molecule has 0 aliphatic heterocycles. The lowest BCUT2D eigenvalue weighted by Crippen LogP contribution is -2.41. The highest BCUT2D eigenvalue weighted by atomic mass is 32.2. The standard InChI is InChI=1S/C13H21N3O3S/c1-12(17)16(11-13-7-5-4-6-8-13)10-9-14-20(18,19)15(2)3/h4-8,14H,9-11H2,1-3H3. The summed E-state index contributed by atoms with van der Waals surface area (Å²) in [5, 5.41) is 0. The molecule has 0 atom stereocenters. The Hall–Kier alpha value is -1.44. The lowest BCUT2D eigenvalue weighted by molar-refractivity contribution is -0.129. The average Bonchev–Trinajstić information content (AvgIpc) is 2.38. The van der Waals surface area contributed by atoms with Crippen LogP contribution in [-0.4, -0.2) is 50.7 Å². The largest absolute Gasteiger partial charge is 0.337 e. The van der Waals surface area contributed by atoms with Crippen LogP contribution in [0.2, 0.25) is 0 Å². The normalized spacial score (nSPS) is 11.6. The van der Waals surface area contributed by atoms with Crippen LogP contribution in [0.15, 0.2) is 30.3 Å². The van der Waals surface area contributed by atoms with Gasteiger partial charge in [0.25, 0.3) is 10.2 Å². The lowest BCUT2D eigenvalue weighted by atomic mass is 10.2. The Morgan fingerprint density at radius 2 is 1.80 bits per heavy atom. The Kier molecular flexibility index (Phi) is 6.12. The van der Waals surface area contributed by atoms with Crippen molar-refractivity contribution in [3.8, 4) is 0 Å². The molecule has 0 aliphatic rings. The quantitative estimate of drug-likeness (QED) is 0.794. The van der Waals surface area contributed by atoms with Crippen LogP contribution in [0.1, 0.15) is 12.5 Å². The molecule has 1 aromatic carbocycles. The monoisotopic (exact) mass is 299 g/mol. The van der Waals surface area contributed by atoms with Crippen molar-refractivity contribution >= 4 is 16.1 Å². The number of hydrogen-bond donors (Lipinski definition) is 1. The second kappa shape index (κ2) is 7.37. The van der Waals surface area contributed by atoms with Gasteiger partial charge in [-0.1, -0.05) is 30.3 Å². The molecule has 0 saturated heterocycles. The fourth-order valence-corrected chi connectivity index (χ4v) is 2.20. The molecule has 1 aromatic rings.